The van der Waals surface area contributed by atoms with Crippen molar-refractivity contribution in [2.45, 2.75) is 24.9 Å². The van der Waals surface area contributed by atoms with E-state index < -0.39 is 0 Å². The Balaban J connectivity index is 1.47. The maximum Gasteiger partial charge on any atom is 0.164 e. The lowest BCUT2D eigenvalue weighted by Gasteiger charge is -2.53. The zero-order chi connectivity index (χ0) is 20.7. The van der Waals surface area contributed by atoms with Crippen molar-refractivity contribution >= 4 is 11.5 Å². The second-order valence-corrected chi connectivity index (χ2v) is 7.80. The number of hydrogen-bond donors (Lipinski definition) is 0. The molecule has 0 unspecified atom stereocenters. The van der Waals surface area contributed by atoms with Gasteiger partial charge in [0, 0.05) is 44.1 Å². The summed E-state index contributed by atoms with van der Waals surface area (Å²) in [6.45, 7) is 1.64. The van der Waals surface area contributed by atoms with E-state index >= 15 is 0 Å². The number of anilines is 2. The highest BCUT2D eigenvalue weighted by Gasteiger charge is 2.40. The summed E-state index contributed by atoms with van der Waals surface area (Å²) in [6, 6.07) is 12.8. The molecule has 0 saturated carbocycles. The van der Waals surface area contributed by atoms with Crippen molar-refractivity contribution in [2.24, 2.45) is 7.05 Å². The Morgan fingerprint density at radius 1 is 1.03 bits per heavy atom. The SMILES string of the molecule is Cn1cc(-c2ncc(C#N)c(N3C[C@@H]4CC[C@H]3CN4c3cccc(C#N)c3)n2)cn1. The van der Waals surface area contributed by atoms with E-state index in [1.54, 1.807) is 17.1 Å². The summed E-state index contributed by atoms with van der Waals surface area (Å²) in [5, 5.41) is 23.1. The zero-order valence-electron chi connectivity index (χ0n) is 16.6. The summed E-state index contributed by atoms with van der Waals surface area (Å²) in [4.78, 5) is 13.8. The van der Waals surface area contributed by atoms with Crippen molar-refractivity contribution in [1.82, 2.24) is 19.7 Å². The molecule has 8 nitrogen and oxygen atoms in total. The molecule has 2 aromatic heterocycles. The monoisotopic (exact) mass is 396 g/mol. The largest absolute Gasteiger partial charge is 0.365 e. The molecule has 3 aliphatic heterocycles. The van der Waals surface area contributed by atoms with Crippen LogP contribution in [0.2, 0.25) is 0 Å². The average Bonchev–Trinajstić information content (AvgIpc) is 3.25. The Kier molecular flexibility index (Phi) is 4.33. The van der Waals surface area contributed by atoms with Crippen LogP contribution < -0.4 is 9.80 Å². The first-order valence-corrected chi connectivity index (χ1v) is 9.96. The lowest BCUT2D eigenvalue weighted by Crippen LogP contribution is -2.63. The summed E-state index contributed by atoms with van der Waals surface area (Å²) < 4.78 is 1.71. The van der Waals surface area contributed by atoms with E-state index in [4.69, 9.17) is 4.98 Å². The molecule has 30 heavy (non-hydrogen) atoms. The van der Waals surface area contributed by atoms with Crippen LogP contribution in [0.1, 0.15) is 24.0 Å². The minimum absolute atomic E-state index is 0.254. The van der Waals surface area contributed by atoms with Crippen LogP contribution in [-0.2, 0) is 7.05 Å². The van der Waals surface area contributed by atoms with E-state index in [9.17, 15) is 10.5 Å². The van der Waals surface area contributed by atoms with E-state index in [0.717, 1.165) is 37.2 Å². The summed E-state index contributed by atoms with van der Waals surface area (Å²) in [7, 11) is 1.85. The number of benzene rings is 1. The van der Waals surface area contributed by atoms with Gasteiger partial charge in [-0.3, -0.25) is 4.68 Å². The van der Waals surface area contributed by atoms with Crippen LogP contribution in [0.4, 0.5) is 11.5 Å². The topological polar surface area (TPSA) is 97.7 Å². The molecule has 148 valence electrons. The van der Waals surface area contributed by atoms with E-state index in [0.29, 0.717) is 28.8 Å². The fraction of sp³-hybridized carbons (Fsp3) is 0.318. The molecule has 1 aromatic carbocycles. The van der Waals surface area contributed by atoms with E-state index in [1.807, 2.05) is 31.4 Å². The third-order valence-corrected chi connectivity index (χ3v) is 5.96. The molecule has 8 heteroatoms. The second-order valence-electron chi connectivity index (χ2n) is 7.80. The van der Waals surface area contributed by atoms with Gasteiger partial charge in [0.1, 0.15) is 11.6 Å². The van der Waals surface area contributed by atoms with Gasteiger partial charge in [0.05, 0.1) is 29.6 Å². The maximum absolute atomic E-state index is 9.66. The number of nitriles is 2. The highest BCUT2D eigenvalue weighted by atomic mass is 15.3. The van der Waals surface area contributed by atoms with E-state index in [-0.39, 0.29) is 6.04 Å². The Morgan fingerprint density at radius 3 is 2.50 bits per heavy atom. The molecule has 0 N–H and O–H groups in total. The van der Waals surface area contributed by atoms with Gasteiger partial charge < -0.3 is 9.80 Å². The summed E-state index contributed by atoms with van der Waals surface area (Å²) in [6.07, 6.45) is 7.35. The van der Waals surface area contributed by atoms with Gasteiger partial charge in [-0.05, 0) is 31.0 Å². The van der Waals surface area contributed by atoms with Gasteiger partial charge in [0.2, 0.25) is 0 Å². The highest BCUT2D eigenvalue weighted by molar-refractivity contribution is 5.63. The van der Waals surface area contributed by atoms with Crippen LogP contribution >= 0.6 is 0 Å². The van der Waals surface area contributed by atoms with Crippen molar-refractivity contribution in [3.8, 4) is 23.5 Å². The smallest absolute Gasteiger partial charge is 0.164 e. The number of aromatic nitrogens is 4. The van der Waals surface area contributed by atoms with Gasteiger partial charge in [0.25, 0.3) is 0 Å². The third-order valence-electron chi connectivity index (χ3n) is 5.96. The molecule has 0 radical (unpaired) electrons. The van der Waals surface area contributed by atoms with Crippen LogP contribution in [0.25, 0.3) is 11.4 Å². The van der Waals surface area contributed by atoms with Crippen molar-refractivity contribution in [1.29, 1.82) is 10.5 Å². The molecule has 3 saturated heterocycles. The van der Waals surface area contributed by atoms with Gasteiger partial charge in [0.15, 0.2) is 11.6 Å². The molecule has 3 aromatic rings. The number of piperidine rings is 2. The molecule has 0 amide bonds. The molecule has 2 atom stereocenters. The van der Waals surface area contributed by atoms with E-state index in [1.165, 1.54) is 0 Å². The van der Waals surface area contributed by atoms with Crippen LogP contribution in [0, 0.1) is 22.7 Å². The van der Waals surface area contributed by atoms with Crippen LogP contribution in [0.3, 0.4) is 0 Å². The summed E-state index contributed by atoms with van der Waals surface area (Å²) >= 11 is 0. The van der Waals surface area contributed by atoms with Crippen LogP contribution in [0.5, 0.6) is 0 Å². The fourth-order valence-electron chi connectivity index (χ4n) is 4.50. The lowest BCUT2D eigenvalue weighted by atomic mass is 9.89. The van der Waals surface area contributed by atoms with Crippen molar-refractivity contribution in [3.63, 3.8) is 0 Å². The molecule has 3 fully saturated rings. The van der Waals surface area contributed by atoms with Gasteiger partial charge >= 0.3 is 0 Å². The highest BCUT2D eigenvalue weighted by Crippen LogP contribution is 2.36. The minimum atomic E-state index is 0.254. The van der Waals surface area contributed by atoms with Crippen molar-refractivity contribution < 1.29 is 0 Å². The van der Waals surface area contributed by atoms with Gasteiger partial charge in [-0.25, -0.2) is 9.97 Å². The predicted octanol–water partition coefficient (Wildman–Crippen LogP) is 2.48. The minimum Gasteiger partial charge on any atom is -0.365 e. The molecule has 0 spiro atoms. The molecule has 0 aliphatic carbocycles. The summed E-state index contributed by atoms with van der Waals surface area (Å²) in [5.41, 5.74) is 3.09. The number of fused-ring (bicyclic) bond motifs is 3. The Labute approximate surface area is 174 Å². The fourth-order valence-corrected chi connectivity index (χ4v) is 4.50. The average molecular weight is 396 g/mol. The number of nitrogens with zero attached hydrogens (tertiary/aromatic N) is 8. The Morgan fingerprint density at radius 2 is 1.83 bits per heavy atom. The zero-order valence-corrected chi connectivity index (χ0v) is 16.6. The molecule has 3 aliphatic rings. The number of piperazine rings is 1. The van der Waals surface area contributed by atoms with Crippen LogP contribution in [0.15, 0.2) is 42.9 Å². The quantitative estimate of drug-likeness (QED) is 0.671. The number of aryl methyl sites for hydroxylation is 1. The van der Waals surface area contributed by atoms with Gasteiger partial charge in [-0.2, -0.15) is 15.6 Å². The first kappa shape index (κ1) is 18.1. The normalized spacial score (nSPS) is 20.1. The summed E-state index contributed by atoms with van der Waals surface area (Å²) in [5.74, 6) is 1.28. The molecule has 5 heterocycles. The second kappa shape index (κ2) is 7.16. The third kappa shape index (κ3) is 3.03. The Hall–Kier alpha value is -3.91. The van der Waals surface area contributed by atoms with Crippen molar-refractivity contribution in [2.75, 3.05) is 22.9 Å². The Bertz CT molecular complexity index is 1180. The van der Waals surface area contributed by atoms with Gasteiger partial charge in [-0.15, -0.1) is 0 Å². The molecular weight excluding hydrogens is 376 g/mol. The van der Waals surface area contributed by atoms with Crippen molar-refractivity contribution in [3.05, 3.63) is 54.0 Å². The first-order valence-electron chi connectivity index (χ1n) is 9.96. The van der Waals surface area contributed by atoms with E-state index in [2.05, 4.69) is 38.1 Å². The first-order chi connectivity index (χ1) is 14.7. The lowest BCUT2D eigenvalue weighted by molar-refractivity contribution is 0.332. The molecule has 2 bridgehead atoms. The molecular formula is C22H20N8. The number of hydrogen-bond acceptors (Lipinski definition) is 7. The van der Waals surface area contributed by atoms with Crippen LogP contribution in [-0.4, -0.2) is 44.9 Å². The predicted molar refractivity (Wildman–Crippen MR) is 112 cm³/mol. The standard InChI is InChI=1S/C22H20N8/c1-28-12-17(11-26-28)21-25-10-16(9-24)22(27-21)30-14-19-5-6-20(30)13-29(19)18-4-2-3-15(7-18)8-23/h2-4,7,10-12,19-20H,5-6,13-14H2,1H3/t19-,20-/m0/s1. The number of rotatable bonds is 3. The van der Waals surface area contributed by atoms with Gasteiger partial charge in [-0.1, -0.05) is 6.07 Å². The maximum atomic E-state index is 9.66. The molecule has 6 rings (SSSR count).